The van der Waals surface area contributed by atoms with Crippen molar-refractivity contribution in [3.8, 4) is 11.5 Å². The Balaban J connectivity index is 0.000000180. The summed E-state index contributed by atoms with van der Waals surface area (Å²) < 4.78 is 15.4. The van der Waals surface area contributed by atoms with Crippen LogP contribution >= 0.6 is 0 Å². The van der Waals surface area contributed by atoms with Crippen molar-refractivity contribution in [3.05, 3.63) is 59.7 Å². The molecule has 2 aromatic rings. The maximum atomic E-state index is 12.7. The molecule has 2 heterocycles. The van der Waals surface area contributed by atoms with E-state index in [4.69, 9.17) is 19.9 Å². The summed E-state index contributed by atoms with van der Waals surface area (Å²) in [5, 5.41) is 2.61. The van der Waals surface area contributed by atoms with Gasteiger partial charge in [0.25, 0.3) is 5.91 Å². The Morgan fingerprint density at radius 2 is 1.28 bits per heavy atom. The fraction of sp³-hybridized carbons (Fsp3) is 0.452. The average molecular weight is 593 g/mol. The number of fused-ring (bicyclic) bond motifs is 2. The number of nitrogens with zero attached hydrogens (tertiary/aromatic N) is 2. The lowest BCUT2D eigenvalue weighted by atomic mass is 10.2. The Labute approximate surface area is 249 Å². The summed E-state index contributed by atoms with van der Waals surface area (Å²) in [7, 11) is 3.16. The summed E-state index contributed by atoms with van der Waals surface area (Å²) in [4.78, 5) is 63.5. The second-order valence-electron chi connectivity index (χ2n) is 12.3. The molecule has 228 valence electrons. The third kappa shape index (κ3) is 5.66. The Hall–Kier alpha value is -4.45. The third-order valence-corrected chi connectivity index (χ3v) is 8.09. The highest BCUT2D eigenvalue weighted by atomic mass is 16.6. The molecule has 4 unspecified atom stereocenters. The van der Waals surface area contributed by atoms with Crippen molar-refractivity contribution in [1.29, 1.82) is 0 Å². The van der Waals surface area contributed by atoms with Gasteiger partial charge in [0.2, 0.25) is 17.7 Å². The summed E-state index contributed by atoms with van der Waals surface area (Å²) in [5.74, 6) is -0.341. The van der Waals surface area contributed by atoms with Crippen molar-refractivity contribution < 1.29 is 38.2 Å². The number of piperidine rings is 2. The molecule has 0 aromatic heterocycles. The molecule has 5 amide bonds. The number of methoxy groups -OCH3 is 2. The zero-order valence-corrected chi connectivity index (χ0v) is 24.8. The molecule has 2 aromatic carbocycles. The maximum absolute atomic E-state index is 12.7. The molecule has 4 aliphatic rings. The molecule has 0 radical (unpaired) electrons. The quantitative estimate of drug-likeness (QED) is 0.460. The van der Waals surface area contributed by atoms with Gasteiger partial charge in [0, 0.05) is 0 Å². The lowest BCUT2D eigenvalue weighted by Gasteiger charge is -2.23. The number of hydrogen-bond acceptors (Lipinski definition) is 9. The van der Waals surface area contributed by atoms with E-state index in [2.05, 4.69) is 5.32 Å². The smallest absolute Gasteiger partial charge is 0.408 e. The molecule has 12 heteroatoms. The molecule has 0 bridgehead atoms. The minimum atomic E-state index is -1.13. The molecule has 2 saturated heterocycles. The Kier molecular flexibility index (Phi) is 7.45. The number of benzene rings is 2. The highest BCUT2D eigenvalue weighted by molar-refractivity contribution is 6.15. The molecular formula is C31H36N4O8. The first kappa shape index (κ1) is 30.0. The molecule has 0 spiro atoms. The number of carbonyl (C=O) groups is 5. The number of carbonyl (C=O) groups excluding carboxylic acids is 5. The minimum absolute atomic E-state index is 0.140. The van der Waals surface area contributed by atoms with Gasteiger partial charge in [-0.05, 0) is 69.0 Å². The van der Waals surface area contributed by atoms with E-state index in [-0.39, 0.29) is 42.6 Å². The molecule has 43 heavy (non-hydrogen) atoms. The van der Waals surface area contributed by atoms with E-state index in [9.17, 15) is 24.0 Å². The van der Waals surface area contributed by atoms with Crippen molar-refractivity contribution in [2.75, 3.05) is 14.2 Å². The van der Waals surface area contributed by atoms with Crippen LogP contribution in [0, 0.1) is 11.8 Å². The van der Waals surface area contributed by atoms with Gasteiger partial charge in [-0.1, -0.05) is 24.3 Å². The highest BCUT2D eigenvalue weighted by Gasteiger charge is 2.73. The van der Waals surface area contributed by atoms with E-state index >= 15 is 0 Å². The minimum Gasteiger partial charge on any atom is -0.497 e. The number of rotatable bonds is 7. The second kappa shape index (κ2) is 10.7. The van der Waals surface area contributed by atoms with Crippen LogP contribution in [-0.4, -0.2) is 70.4 Å². The number of alkyl carbamates (subject to hydrolysis) is 1. The lowest BCUT2D eigenvalue weighted by Crippen LogP contribution is -2.48. The zero-order chi connectivity index (χ0) is 31.3. The van der Waals surface area contributed by atoms with Crippen LogP contribution < -0.4 is 20.5 Å². The highest BCUT2D eigenvalue weighted by Crippen LogP contribution is 2.52. The standard InChI is InChI=1S/C18H22N2O5.C13H14N2O3/c1-17(2,3)25-16(23)19-18-9-13(18)14(21)20(15(18)22)10-11-5-7-12(24-4)8-6-11;1-18-9-4-2-8(3-5-9)7-15-11(16)10-6-13(10,14)12(15)17/h5-8,13H,9-10H2,1-4H3,(H,19,23);2-5,10H,6-7,14H2,1H3. The lowest BCUT2D eigenvalue weighted by molar-refractivity contribution is -0.144. The van der Waals surface area contributed by atoms with Crippen LogP contribution in [0.1, 0.15) is 44.7 Å². The predicted octanol–water partition coefficient (Wildman–Crippen LogP) is 2.13. The van der Waals surface area contributed by atoms with Gasteiger partial charge in [0.05, 0.1) is 39.1 Å². The first-order chi connectivity index (χ1) is 20.2. The number of likely N-dealkylation sites (tertiary alicyclic amines) is 2. The van der Waals surface area contributed by atoms with Crippen molar-refractivity contribution >= 4 is 29.7 Å². The van der Waals surface area contributed by atoms with Gasteiger partial charge in [-0.3, -0.25) is 29.0 Å². The fourth-order valence-corrected chi connectivity index (χ4v) is 5.49. The van der Waals surface area contributed by atoms with Gasteiger partial charge in [0.1, 0.15) is 28.2 Å². The number of ether oxygens (including phenoxy) is 3. The van der Waals surface area contributed by atoms with Crippen LogP contribution in [0.15, 0.2) is 48.5 Å². The molecule has 3 N–H and O–H groups in total. The van der Waals surface area contributed by atoms with Gasteiger partial charge in [-0.15, -0.1) is 0 Å². The maximum Gasteiger partial charge on any atom is 0.408 e. The summed E-state index contributed by atoms with van der Waals surface area (Å²) >= 11 is 0. The molecule has 6 rings (SSSR count). The predicted molar refractivity (Wildman–Crippen MR) is 152 cm³/mol. The van der Waals surface area contributed by atoms with Crippen LogP contribution in [0.25, 0.3) is 0 Å². The average Bonchev–Trinajstić information content (AvgIpc) is 3.84. The monoisotopic (exact) mass is 592 g/mol. The SMILES string of the molecule is COc1ccc(CN2C(=O)C3CC3(N)C2=O)cc1.COc1ccc(CN2C(=O)C3CC3(NC(=O)OC(C)(C)C)C2=O)cc1. The summed E-state index contributed by atoms with van der Waals surface area (Å²) in [6.07, 6.45) is 0.162. The first-order valence-electron chi connectivity index (χ1n) is 14.0. The summed E-state index contributed by atoms with van der Waals surface area (Å²) in [6, 6.07) is 14.4. The number of hydrogen-bond donors (Lipinski definition) is 2. The molecular weight excluding hydrogens is 556 g/mol. The Bertz CT molecular complexity index is 1470. The number of nitrogens with two attached hydrogens (primary N) is 1. The van der Waals surface area contributed by atoms with Crippen LogP contribution in [0.3, 0.4) is 0 Å². The first-order valence-corrected chi connectivity index (χ1v) is 14.0. The van der Waals surface area contributed by atoms with Crippen molar-refractivity contribution in [1.82, 2.24) is 15.1 Å². The molecule has 2 saturated carbocycles. The van der Waals surface area contributed by atoms with Crippen molar-refractivity contribution in [3.63, 3.8) is 0 Å². The van der Waals surface area contributed by atoms with Crippen LogP contribution in [0.2, 0.25) is 0 Å². The molecule has 4 fully saturated rings. The number of imide groups is 2. The fourth-order valence-electron chi connectivity index (χ4n) is 5.49. The van der Waals surface area contributed by atoms with E-state index in [0.717, 1.165) is 16.9 Å². The zero-order valence-electron chi connectivity index (χ0n) is 24.8. The van der Waals surface area contributed by atoms with Crippen LogP contribution in [0.4, 0.5) is 4.79 Å². The van der Waals surface area contributed by atoms with Crippen molar-refractivity contribution in [2.45, 2.75) is 63.4 Å². The number of amides is 5. The van der Waals surface area contributed by atoms with Crippen LogP contribution in [-0.2, 0) is 37.0 Å². The number of nitrogens with one attached hydrogen (secondary N) is 1. The molecule has 12 nitrogen and oxygen atoms in total. The molecule has 4 atom stereocenters. The van der Waals surface area contributed by atoms with Crippen LogP contribution in [0.5, 0.6) is 11.5 Å². The molecule has 2 aliphatic heterocycles. The van der Waals surface area contributed by atoms with Gasteiger partial charge >= 0.3 is 6.09 Å². The van der Waals surface area contributed by atoms with Gasteiger partial charge in [-0.25, -0.2) is 4.79 Å². The largest absolute Gasteiger partial charge is 0.497 e. The Morgan fingerprint density at radius 3 is 1.70 bits per heavy atom. The third-order valence-electron chi connectivity index (χ3n) is 8.09. The van der Waals surface area contributed by atoms with Gasteiger partial charge in [-0.2, -0.15) is 0 Å². The molecule has 2 aliphatic carbocycles. The van der Waals surface area contributed by atoms with E-state index in [1.807, 2.05) is 12.1 Å². The Morgan fingerprint density at radius 1 is 0.814 bits per heavy atom. The van der Waals surface area contributed by atoms with E-state index in [0.29, 0.717) is 18.6 Å². The van der Waals surface area contributed by atoms with E-state index in [1.54, 1.807) is 71.4 Å². The van der Waals surface area contributed by atoms with Crippen molar-refractivity contribution in [2.24, 2.45) is 17.6 Å². The van der Waals surface area contributed by atoms with Gasteiger partial charge in [0.15, 0.2) is 0 Å². The van der Waals surface area contributed by atoms with E-state index in [1.165, 1.54) is 9.80 Å². The topological polar surface area (TPSA) is 158 Å². The summed E-state index contributed by atoms with van der Waals surface area (Å²) in [6.45, 7) is 5.69. The normalized spacial score (nSPS) is 26.7. The van der Waals surface area contributed by atoms with E-state index < -0.39 is 28.7 Å². The summed E-state index contributed by atoms with van der Waals surface area (Å²) in [5.41, 5.74) is 4.85. The second-order valence-corrected chi connectivity index (χ2v) is 12.3. The van der Waals surface area contributed by atoms with Gasteiger partial charge < -0.3 is 25.3 Å².